The van der Waals surface area contributed by atoms with E-state index in [4.69, 9.17) is 0 Å². The maximum absolute atomic E-state index is 13.1. The third-order valence-electron chi connectivity index (χ3n) is 3.88. The minimum absolute atomic E-state index is 0.0407. The standard InChI is InChI=1S/C18H24BrN3O2/c1-11(2)20-17-21(12(3)4)15(23)18(5,6)16(24)22(17)14-9-7-13(19)8-10-14/h7-12H,1-6H3. The van der Waals surface area contributed by atoms with Gasteiger partial charge in [0, 0.05) is 16.6 Å². The first-order valence-corrected chi connectivity index (χ1v) is 8.88. The second-order valence-corrected chi connectivity index (χ2v) is 7.95. The van der Waals surface area contributed by atoms with Gasteiger partial charge >= 0.3 is 0 Å². The molecule has 1 aliphatic rings. The molecule has 1 heterocycles. The van der Waals surface area contributed by atoms with Gasteiger partial charge in [-0.1, -0.05) is 15.9 Å². The number of guanidine groups is 1. The third-order valence-corrected chi connectivity index (χ3v) is 4.41. The van der Waals surface area contributed by atoms with Crippen LogP contribution in [0.5, 0.6) is 0 Å². The summed E-state index contributed by atoms with van der Waals surface area (Å²) in [7, 11) is 0. The van der Waals surface area contributed by atoms with Crippen LogP contribution in [0.1, 0.15) is 41.5 Å². The zero-order chi connectivity index (χ0) is 18.2. The topological polar surface area (TPSA) is 53.0 Å². The molecule has 24 heavy (non-hydrogen) atoms. The zero-order valence-electron chi connectivity index (χ0n) is 15.0. The van der Waals surface area contributed by atoms with Crippen molar-refractivity contribution in [3.05, 3.63) is 28.7 Å². The van der Waals surface area contributed by atoms with Crippen molar-refractivity contribution in [3.8, 4) is 0 Å². The van der Waals surface area contributed by atoms with Crippen molar-refractivity contribution in [3.63, 3.8) is 0 Å². The number of amides is 2. The first-order valence-electron chi connectivity index (χ1n) is 8.09. The molecule has 1 aromatic carbocycles. The van der Waals surface area contributed by atoms with Crippen LogP contribution in [0.4, 0.5) is 5.69 Å². The molecular weight excluding hydrogens is 370 g/mol. The molecule has 0 aliphatic carbocycles. The molecule has 0 radical (unpaired) electrons. The van der Waals surface area contributed by atoms with E-state index in [0.717, 1.165) is 4.47 Å². The molecule has 0 saturated carbocycles. The number of anilines is 1. The van der Waals surface area contributed by atoms with E-state index in [1.807, 2.05) is 52.0 Å². The van der Waals surface area contributed by atoms with Crippen LogP contribution in [0.3, 0.4) is 0 Å². The lowest BCUT2D eigenvalue weighted by Crippen LogP contribution is -2.66. The lowest BCUT2D eigenvalue weighted by molar-refractivity contribution is -0.147. The van der Waals surface area contributed by atoms with Crippen molar-refractivity contribution in [2.45, 2.75) is 53.6 Å². The maximum Gasteiger partial charge on any atom is 0.249 e. The molecular formula is C18H24BrN3O2. The Morgan fingerprint density at radius 1 is 1.00 bits per heavy atom. The number of nitrogens with zero attached hydrogens (tertiary/aromatic N) is 3. The second-order valence-electron chi connectivity index (χ2n) is 7.03. The number of carbonyl (C=O) groups excluding carboxylic acids is 2. The lowest BCUT2D eigenvalue weighted by Gasteiger charge is -2.45. The van der Waals surface area contributed by atoms with Crippen molar-refractivity contribution < 1.29 is 9.59 Å². The summed E-state index contributed by atoms with van der Waals surface area (Å²) in [5.74, 6) is -0.0713. The molecule has 0 unspecified atom stereocenters. The highest BCUT2D eigenvalue weighted by atomic mass is 79.9. The van der Waals surface area contributed by atoms with Crippen molar-refractivity contribution in [2.75, 3.05) is 4.90 Å². The van der Waals surface area contributed by atoms with Gasteiger partial charge in [-0.15, -0.1) is 0 Å². The number of benzene rings is 1. The normalized spacial score (nSPS) is 19.8. The van der Waals surface area contributed by atoms with Crippen molar-refractivity contribution in [2.24, 2.45) is 10.4 Å². The van der Waals surface area contributed by atoms with Crippen LogP contribution in [0, 0.1) is 5.41 Å². The van der Waals surface area contributed by atoms with Gasteiger partial charge in [-0.2, -0.15) is 0 Å². The van der Waals surface area contributed by atoms with Crippen molar-refractivity contribution in [1.29, 1.82) is 0 Å². The number of halogens is 1. The molecule has 2 amide bonds. The molecule has 2 rings (SSSR count). The van der Waals surface area contributed by atoms with E-state index in [9.17, 15) is 9.59 Å². The Bertz CT molecular complexity index is 678. The van der Waals surface area contributed by atoms with Gasteiger partial charge in [0.2, 0.25) is 17.8 Å². The van der Waals surface area contributed by atoms with E-state index in [-0.39, 0.29) is 23.9 Å². The van der Waals surface area contributed by atoms with Crippen molar-refractivity contribution in [1.82, 2.24) is 4.90 Å². The summed E-state index contributed by atoms with van der Waals surface area (Å²) in [4.78, 5) is 33.8. The maximum atomic E-state index is 13.1. The summed E-state index contributed by atoms with van der Waals surface area (Å²) >= 11 is 3.41. The first-order chi connectivity index (χ1) is 11.1. The lowest BCUT2D eigenvalue weighted by atomic mass is 9.86. The van der Waals surface area contributed by atoms with E-state index >= 15 is 0 Å². The highest BCUT2D eigenvalue weighted by molar-refractivity contribution is 9.10. The highest BCUT2D eigenvalue weighted by Gasteiger charge is 2.51. The summed E-state index contributed by atoms with van der Waals surface area (Å²) in [5.41, 5.74) is -0.429. The predicted molar refractivity (Wildman–Crippen MR) is 100.0 cm³/mol. The molecule has 0 bridgehead atoms. The quantitative estimate of drug-likeness (QED) is 0.732. The van der Waals surface area contributed by atoms with Gasteiger partial charge in [0.1, 0.15) is 5.41 Å². The number of hydrogen-bond acceptors (Lipinski definition) is 3. The van der Waals surface area contributed by atoms with Gasteiger partial charge in [0.25, 0.3) is 0 Å². The highest BCUT2D eigenvalue weighted by Crippen LogP contribution is 2.34. The van der Waals surface area contributed by atoms with Gasteiger partial charge in [-0.3, -0.25) is 14.5 Å². The van der Waals surface area contributed by atoms with Crippen LogP contribution in [0.15, 0.2) is 33.7 Å². The second kappa shape index (κ2) is 6.67. The Hall–Kier alpha value is -1.69. The van der Waals surface area contributed by atoms with Gasteiger partial charge < -0.3 is 0 Å². The van der Waals surface area contributed by atoms with Gasteiger partial charge in [-0.25, -0.2) is 9.89 Å². The minimum Gasteiger partial charge on any atom is -0.279 e. The van der Waals surface area contributed by atoms with E-state index in [2.05, 4.69) is 20.9 Å². The van der Waals surface area contributed by atoms with Gasteiger partial charge in [0.15, 0.2) is 0 Å². The molecule has 5 nitrogen and oxygen atoms in total. The number of hydrogen-bond donors (Lipinski definition) is 0. The van der Waals surface area contributed by atoms with Crippen LogP contribution in [-0.2, 0) is 9.59 Å². The molecule has 0 spiro atoms. The molecule has 1 fully saturated rings. The summed E-state index contributed by atoms with van der Waals surface area (Å²) in [5, 5.41) is 0. The summed E-state index contributed by atoms with van der Waals surface area (Å²) < 4.78 is 0.925. The average molecular weight is 394 g/mol. The summed E-state index contributed by atoms with van der Waals surface area (Å²) in [6.07, 6.45) is 0. The molecule has 130 valence electrons. The minimum atomic E-state index is -1.13. The third kappa shape index (κ3) is 3.24. The van der Waals surface area contributed by atoms with Crippen LogP contribution in [0.25, 0.3) is 0 Å². The number of carbonyl (C=O) groups is 2. The van der Waals surface area contributed by atoms with Gasteiger partial charge in [-0.05, 0) is 65.8 Å². The van der Waals surface area contributed by atoms with Crippen LogP contribution in [-0.4, -0.2) is 34.8 Å². The molecule has 1 aromatic rings. The van der Waals surface area contributed by atoms with Gasteiger partial charge in [0.05, 0.1) is 5.69 Å². The fourth-order valence-corrected chi connectivity index (χ4v) is 2.87. The van der Waals surface area contributed by atoms with Crippen LogP contribution in [0.2, 0.25) is 0 Å². The molecule has 0 N–H and O–H groups in total. The van der Waals surface area contributed by atoms with Crippen molar-refractivity contribution >= 4 is 39.4 Å². The fraction of sp³-hybridized carbons (Fsp3) is 0.500. The average Bonchev–Trinajstić information content (AvgIpc) is 2.47. The molecule has 0 atom stereocenters. The fourth-order valence-electron chi connectivity index (χ4n) is 2.60. The molecule has 1 aliphatic heterocycles. The Labute approximate surface area is 151 Å². The molecule has 6 heteroatoms. The summed E-state index contributed by atoms with van der Waals surface area (Å²) in [6.45, 7) is 11.1. The first kappa shape index (κ1) is 18.6. The Balaban J connectivity index is 2.68. The monoisotopic (exact) mass is 393 g/mol. The predicted octanol–water partition coefficient (Wildman–Crippen LogP) is 3.82. The summed E-state index contributed by atoms with van der Waals surface area (Å²) in [6, 6.07) is 7.31. The van der Waals surface area contributed by atoms with E-state index < -0.39 is 5.41 Å². The van der Waals surface area contributed by atoms with E-state index in [1.54, 1.807) is 23.6 Å². The van der Waals surface area contributed by atoms with Crippen LogP contribution < -0.4 is 4.90 Å². The van der Waals surface area contributed by atoms with E-state index in [1.165, 1.54) is 0 Å². The number of aliphatic imine (C=N–C) groups is 1. The largest absolute Gasteiger partial charge is 0.279 e. The SMILES string of the molecule is CC(C)N=C1N(c2ccc(Br)cc2)C(=O)C(C)(C)C(=O)N1C(C)C. The Morgan fingerprint density at radius 2 is 1.54 bits per heavy atom. The van der Waals surface area contributed by atoms with Crippen LogP contribution >= 0.6 is 15.9 Å². The Kier molecular flexibility index (Phi) is 5.18. The molecule has 1 saturated heterocycles. The molecule has 0 aromatic heterocycles. The Morgan fingerprint density at radius 3 is 2.00 bits per heavy atom. The number of rotatable bonds is 3. The van der Waals surface area contributed by atoms with E-state index in [0.29, 0.717) is 11.6 Å². The zero-order valence-corrected chi connectivity index (χ0v) is 16.6. The smallest absolute Gasteiger partial charge is 0.249 e.